The van der Waals surface area contributed by atoms with Gasteiger partial charge in [0.25, 0.3) is 5.56 Å². The van der Waals surface area contributed by atoms with Gasteiger partial charge in [-0.2, -0.15) is 0 Å². The van der Waals surface area contributed by atoms with E-state index in [4.69, 9.17) is 4.74 Å². The predicted octanol–water partition coefficient (Wildman–Crippen LogP) is 1.45. The van der Waals surface area contributed by atoms with Crippen LogP contribution in [-0.2, 0) is 11.5 Å². The quantitative estimate of drug-likeness (QED) is 0.838. The number of benzene rings is 1. The van der Waals surface area contributed by atoms with Gasteiger partial charge in [0.1, 0.15) is 18.3 Å². The van der Waals surface area contributed by atoms with E-state index >= 15 is 0 Å². The summed E-state index contributed by atoms with van der Waals surface area (Å²) >= 11 is 0. The lowest BCUT2D eigenvalue weighted by Crippen LogP contribution is -2.20. The molecule has 1 aromatic heterocycles. The van der Waals surface area contributed by atoms with E-state index in [-0.39, 0.29) is 17.9 Å². The van der Waals surface area contributed by atoms with Gasteiger partial charge >= 0.3 is 0 Å². The summed E-state index contributed by atoms with van der Waals surface area (Å²) in [6.45, 7) is 0.0568. The normalized spacial score (nSPS) is 10.9. The zero-order valence-electron chi connectivity index (χ0n) is 8.61. The molecule has 0 atom stereocenters. The van der Waals surface area contributed by atoms with Gasteiger partial charge in [0.2, 0.25) is 0 Å². The van der Waals surface area contributed by atoms with Gasteiger partial charge < -0.3 is 9.84 Å². The molecule has 0 saturated heterocycles. The van der Waals surface area contributed by atoms with Crippen LogP contribution in [0.4, 0.5) is 4.39 Å². The molecule has 1 heterocycles. The number of fused-ring (bicyclic) bond motifs is 1. The summed E-state index contributed by atoms with van der Waals surface area (Å²) in [4.78, 5) is 11.6. The molecule has 0 amide bonds. The molecular weight excluding hydrogens is 213 g/mol. The van der Waals surface area contributed by atoms with Crippen molar-refractivity contribution >= 4 is 10.9 Å². The Morgan fingerprint density at radius 3 is 2.88 bits per heavy atom. The first-order valence-corrected chi connectivity index (χ1v) is 4.64. The Morgan fingerprint density at radius 1 is 1.44 bits per heavy atom. The number of hydrogen-bond donors (Lipinski definition) is 1. The Morgan fingerprint density at radius 2 is 2.19 bits per heavy atom. The van der Waals surface area contributed by atoms with Crippen molar-refractivity contribution in [3.8, 4) is 5.75 Å². The maximum Gasteiger partial charge on any atom is 0.256 e. The third-order valence-electron chi connectivity index (χ3n) is 2.31. The monoisotopic (exact) mass is 223 g/mol. The maximum atomic E-state index is 13.0. The van der Waals surface area contributed by atoms with Crippen molar-refractivity contribution in [2.24, 2.45) is 0 Å². The lowest BCUT2D eigenvalue weighted by atomic mass is 10.2. The number of aromatic nitrogens is 1. The molecule has 0 aliphatic rings. The van der Waals surface area contributed by atoms with Gasteiger partial charge in [-0.15, -0.1) is 0 Å². The van der Waals surface area contributed by atoms with E-state index in [9.17, 15) is 14.3 Å². The molecule has 0 saturated carbocycles. The van der Waals surface area contributed by atoms with E-state index in [0.29, 0.717) is 5.52 Å². The molecule has 0 spiro atoms. The molecule has 1 N–H and O–H groups in total. The molecule has 16 heavy (non-hydrogen) atoms. The molecule has 2 aromatic rings. The van der Waals surface area contributed by atoms with E-state index in [2.05, 4.69) is 0 Å². The Kier molecular flexibility index (Phi) is 2.62. The van der Waals surface area contributed by atoms with Crippen LogP contribution >= 0.6 is 0 Å². The first-order chi connectivity index (χ1) is 7.63. The smallest absolute Gasteiger partial charge is 0.256 e. The fraction of sp³-hybridized carbons (Fsp3) is 0.182. The van der Waals surface area contributed by atoms with Crippen molar-refractivity contribution in [1.82, 2.24) is 4.57 Å². The number of halogens is 1. The first kappa shape index (κ1) is 10.6. The van der Waals surface area contributed by atoms with Crippen LogP contribution in [0.15, 0.2) is 29.1 Å². The van der Waals surface area contributed by atoms with Gasteiger partial charge in [-0.1, -0.05) is 0 Å². The van der Waals surface area contributed by atoms with E-state index in [1.165, 1.54) is 29.9 Å². The number of nitrogens with zero attached hydrogens (tertiary/aromatic N) is 1. The first-order valence-electron chi connectivity index (χ1n) is 4.64. The topological polar surface area (TPSA) is 51.5 Å². The molecule has 84 valence electrons. The summed E-state index contributed by atoms with van der Waals surface area (Å²) in [5.41, 5.74) is 0.0479. The molecule has 0 radical (unpaired) electrons. The summed E-state index contributed by atoms with van der Waals surface area (Å²) in [6, 6.07) is 4.88. The second kappa shape index (κ2) is 3.94. The lowest BCUT2D eigenvalue weighted by Gasteiger charge is -2.09. The standard InChI is InChI=1S/C11H10FNO3/c1-16-6-13-9-3-2-7(12)4-8(9)10(14)5-11(13)15/h2-5,14H,6H2,1H3. The number of methoxy groups -OCH3 is 1. The number of ether oxygens (including phenoxy) is 1. The van der Waals surface area contributed by atoms with Crippen LogP contribution in [-0.4, -0.2) is 16.8 Å². The summed E-state index contributed by atoms with van der Waals surface area (Å²) in [5.74, 6) is -0.697. The minimum absolute atomic E-state index is 0.0568. The summed E-state index contributed by atoms with van der Waals surface area (Å²) in [5, 5.41) is 9.84. The van der Waals surface area contributed by atoms with E-state index < -0.39 is 11.4 Å². The second-order valence-electron chi connectivity index (χ2n) is 3.38. The van der Waals surface area contributed by atoms with Crippen LogP contribution < -0.4 is 5.56 Å². The van der Waals surface area contributed by atoms with E-state index in [1.54, 1.807) is 0 Å². The molecule has 2 rings (SSSR count). The molecule has 0 fully saturated rings. The second-order valence-corrected chi connectivity index (χ2v) is 3.38. The van der Waals surface area contributed by atoms with Crippen molar-refractivity contribution in [3.05, 3.63) is 40.4 Å². The van der Waals surface area contributed by atoms with Crippen LogP contribution in [0.5, 0.6) is 5.75 Å². The van der Waals surface area contributed by atoms with Crippen molar-refractivity contribution < 1.29 is 14.2 Å². The fourth-order valence-corrected chi connectivity index (χ4v) is 1.60. The van der Waals surface area contributed by atoms with Crippen LogP contribution in [0.3, 0.4) is 0 Å². The Labute approximate surface area is 90.5 Å². The zero-order chi connectivity index (χ0) is 11.7. The van der Waals surface area contributed by atoms with Crippen molar-refractivity contribution in [2.45, 2.75) is 6.73 Å². The summed E-state index contributed by atoms with van der Waals surface area (Å²) < 4.78 is 19.2. The fourth-order valence-electron chi connectivity index (χ4n) is 1.60. The minimum Gasteiger partial charge on any atom is -0.507 e. The number of aromatic hydroxyl groups is 1. The van der Waals surface area contributed by atoms with E-state index in [0.717, 1.165) is 6.07 Å². The number of rotatable bonds is 2. The van der Waals surface area contributed by atoms with Crippen molar-refractivity contribution in [1.29, 1.82) is 0 Å². The number of hydrogen-bond acceptors (Lipinski definition) is 3. The molecule has 0 aliphatic heterocycles. The van der Waals surface area contributed by atoms with Gasteiger partial charge in [0, 0.05) is 18.6 Å². The minimum atomic E-state index is -0.467. The molecule has 0 unspecified atom stereocenters. The van der Waals surface area contributed by atoms with Crippen LogP contribution in [0.1, 0.15) is 0 Å². The zero-order valence-corrected chi connectivity index (χ0v) is 8.61. The molecule has 4 nitrogen and oxygen atoms in total. The predicted molar refractivity (Wildman–Crippen MR) is 56.8 cm³/mol. The highest BCUT2D eigenvalue weighted by Crippen LogP contribution is 2.23. The highest BCUT2D eigenvalue weighted by molar-refractivity contribution is 5.85. The lowest BCUT2D eigenvalue weighted by molar-refractivity contribution is 0.132. The Hall–Kier alpha value is -1.88. The molecule has 1 aromatic carbocycles. The van der Waals surface area contributed by atoms with Gasteiger partial charge in [0.05, 0.1) is 5.52 Å². The third-order valence-corrected chi connectivity index (χ3v) is 2.31. The van der Waals surface area contributed by atoms with Crippen LogP contribution in [0.2, 0.25) is 0 Å². The Balaban J connectivity index is 2.84. The highest BCUT2D eigenvalue weighted by Gasteiger charge is 2.08. The third kappa shape index (κ3) is 1.65. The average molecular weight is 223 g/mol. The molecule has 0 aliphatic carbocycles. The van der Waals surface area contributed by atoms with Gasteiger partial charge in [-0.25, -0.2) is 4.39 Å². The van der Waals surface area contributed by atoms with Crippen molar-refractivity contribution in [3.63, 3.8) is 0 Å². The SMILES string of the molecule is COCn1c(=O)cc(O)c2cc(F)ccc21. The van der Waals surface area contributed by atoms with Crippen molar-refractivity contribution in [2.75, 3.05) is 7.11 Å². The maximum absolute atomic E-state index is 13.0. The number of pyridine rings is 1. The summed E-state index contributed by atoms with van der Waals surface area (Å²) in [7, 11) is 1.45. The van der Waals surface area contributed by atoms with Gasteiger partial charge in [-0.05, 0) is 18.2 Å². The Bertz CT molecular complexity index is 592. The molecular formula is C11H10FNO3. The summed E-state index contributed by atoms with van der Waals surface area (Å²) in [6.07, 6.45) is 0. The van der Waals surface area contributed by atoms with E-state index in [1.807, 2.05) is 0 Å². The highest BCUT2D eigenvalue weighted by atomic mass is 19.1. The van der Waals surface area contributed by atoms with Gasteiger partial charge in [0.15, 0.2) is 0 Å². The molecule has 0 bridgehead atoms. The molecule has 5 heteroatoms. The van der Waals surface area contributed by atoms with Gasteiger partial charge in [-0.3, -0.25) is 9.36 Å². The average Bonchev–Trinajstić information content (AvgIpc) is 2.24. The van der Waals surface area contributed by atoms with Crippen LogP contribution in [0, 0.1) is 5.82 Å². The van der Waals surface area contributed by atoms with Crippen LogP contribution in [0.25, 0.3) is 10.9 Å². The largest absolute Gasteiger partial charge is 0.507 e.